The Morgan fingerprint density at radius 2 is 1.57 bits per heavy atom. The number of rotatable bonds is 8. The molecule has 0 aromatic heterocycles. The maximum atomic E-state index is 14.7. The van der Waals surface area contributed by atoms with E-state index in [1.54, 1.807) is 26.0 Å². The number of alkyl halides is 1. The third kappa shape index (κ3) is 5.82. The summed E-state index contributed by atoms with van der Waals surface area (Å²) in [7, 11) is 0. The molecular formula is C24H24ClFO2. The second-order valence-corrected chi connectivity index (χ2v) is 7.68. The fourth-order valence-electron chi connectivity index (χ4n) is 3.00. The first-order chi connectivity index (χ1) is 13.4. The van der Waals surface area contributed by atoms with Gasteiger partial charge in [-0.3, -0.25) is 0 Å². The smallest absolute Gasteiger partial charge is 0.127 e. The maximum Gasteiger partial charge on any atom is 0.127 e. The minimum atomic E-state index is -1.41. The SMILES string of the molecule is CC(C)(F)C(COCc1cccc(Oc2ccccc2)c1)c1ccc(Cl)cc1. The van der Waals surface area contributed by atoms with Crippen LogP contribution in [0.15, 0.2) is 78.9 Å². The highest BCUT2D eigenvalue weighted by Crippen LogP contribution is 2.32. The first-order valence-electron chi connectivity index (χ1n) is 9.26. The highest BCUT2D eigenvalue weighted by Gasteiger charge is 2.30. The molecule has 0 spiro atoms. The van der Waals surface area contributed by atoms with Gasteiger partial charge in [-0.15, -0.1) is 0 Å². The molecule has 1 unspecified atom stereocenters. The molecule has 0 aliphatic rings. The predicted octanol–water partition coefficient (Wildman–Crippen LogP) is 7.18. The van der Waals surface area contributed by atoms with Crippen molar-refractivity contribution in [2.24, 2.45) is 0 Å². The van der Waals surface area contributed by atoms with E-state index in [0.717, 1.165) is 22.6 Å². The van der Waals surface area contributed by atoms with Gasteiger partial charge in [0.1, 0.15) is 17.2 Å². The van der Waals surface area contributed by atoms with Crippen molar-refractivity contribution in [2.45, 2.75) is 32.0 Å². The molecular weight excluding hydrogens is 375 g/mol. The summed E-state index contributed by atoms with van der Waals surface area (Å²) in [4.78, 5) is 0. The Morgan fingerprint density at radius 1 is 0.893 bits per heavy atom. The first kappa shape index (κ1) is 20.4. The molecule has 28 heavy (non-hydrogen) atoms. The highest BCUT2D eigenvalue weighted by atomic mass is 35.5. The van der Waals surface area contributed by atoms with Gasteiger partial charge in [0.25, 0.3) is 0 Å². The van der Waals surface area contributed by atoms with Gasteiger partial charge in [0.05, 0.1) is 13.2 Å². The number of hydrogen-bond donors (Lipinski definition) is 0. The van der Waals surface area contributed by atoms with Gasteiger partial charge in [-0.05, 0) is 61.4 Å². The van der Waals surface area contributed by atoms with Crippen molar-refractivity contribution in [3.63, 3.8) is 0 Å². The van der Waals surface area contributed by atoms with Gasteiger partial charge in [0.2, 0.25) is 0 Å². The van der Waals surface area contributed by atoms with Gasteiger partial charge < -0.3 is 9.47 Å². The molecule has 0 fully saturated rings. The molecule has 4 heteroatoms. The van der Waals surface area contributed by atoms with Crippen molar-refractivity contribution in [1.82, 2.24) is 0 Å². The Hall–Kier alpha value is -2.36. The number of para-hydroxylation sites is 1. The first-order valence-corrected chi connectivity index (χ1v) is 9.63. The molecule has 2 nitrogen and oxygen atoms in total. The molecule has 146 valence electrons. The molecule has 0 bridgehead atoms. The zero-order valence-corrected chi connectivity index (χ0v) is 16.8. The van der Waals surface area contributed by atoms with E-state index in [2.05, 4.69) is 0 Å². The highest BCUT2D eigenvalue weighted by molar-refractivity contribution is 6.30. The lowest BCUT2D eigenvalue weighted by Gasteiger charge is -2.27. The second kappa shape index (κ2) is 9.22. The van der Waals surface area contributed by atoms with Crippen LogP contribution in [0.2, 0.25) is 5.02 Å². The Labute approximate surface area is 170 Å². The van der Waals surface area contributed by atoms with E-state index in [9.17, 15) is 4.39 Å². The fraction of sp³-hybridized carbons (Fsp3) is 0.250. The molecule has 3 aromatic rings. The van der Waals surface area contributed by atoms with Crippen LogP contribution in [0.25, 0.3) is 0 Å². The van der Waals surface area contributed by atoms with E-state index >= 15 is 0 Å². The average molecular weight is 399 g/mol. The average Bonchev–Trinajstić information content (AvgIpc) is 2.66. The van der Waals surface area contributed by atoms with Crippen LogP contribution in [0.4, 0.5) is 4.39 Å². The number of benzene rings is 3. The molecule has 0 amide bonds. The van der Waals surface area contributed by atoms with Crippen LogP contribution in [-0.4, -0.2) is 12.3 Å². The van der Waals surface area contributed by atoms with E-state index in [1.807, 2.05) is 66.7 Å². The van der Waals surface area contributed by atoms with E-state index < -0.39 is 5.67 Å². The normalized spacial score (nSPS) is 12.6. The van der Waals surface area contributed by atoms with E-state index in [1.165, 1.54) is 0 Å². The van der Waals surface area contributed by atoms with Crippen molar-refractivity contribution in [3.05, 3.63) is 95.0 Å². The van der Waals surface area contributed by atoms with Gasteiger partial charge in [0, 0.05) is 10.9 Å². The van der Waals surface area contributed by atoms with Crippen molar-refractivity contribution in [1.29, 1.82) is 0 Å². The van der Waals surface area contributed by atoms with Crippen LogP contribution in [0, 0.1) is 0 Å². The maximum absolute atomic E-state index is 14.7. The van der Waals surface area contributed by atoms with Gasteiger partial charge in [-0.25, -0.2) is 4.39 Å². The van der Waals surface area contributed by atoms with Crippen LogP contribution < -0.4 is 4.74 Å². The lowest BCUT2D eigenvalue weighted by molar-refractivity contribution is 0.0538. The molecule has 3 aromatic carbocycles. The third-order valence-corrected chi connectivity index (χ3v) is 4.78. The minimum Gasteiger partial charge on any atom is -0.457 e. The van der Waals surface area contributed by atoms with Gasteiger partial charge in [-0.2, -0.15) is 0 Å². The third-order valence-electron chi connectivity index (χ3n) is 4.53. The summed E-state index contributed by atoms with van der Waals surface area (Å²) in [6.07, 6.45) is 0. The zero-order chi connectivity index (χ0) is 20.0. The van der Waals surface area contributed by atoms with Crippen LogP contribution in [-0.2, 0) is 11.3 Å². The van der Waals surface area contributed by atoms with Crippen LogP contribution in [0.1, 0.15) is 30.9 Å². The molecule has 1 atom stereocenters. The molecule has 3 rings (SSSR count). The summed E-state index contributed by atoms with van der Waals surface area (Å²) < 4.78 is 26.5. The lowest BCUT2D eigenvalue weighted by atomic mass is 9.87. The summed E-state index contributed by atoms with van der Waals surface area (Å²) in [6.45, 7) is 3.80. The number of ether oxygens (including phenoxy) is 2. The summed E-state index contributed by atoms with van der Waals surface area (Å²) in [5, 5.41) is 0.635. The van der Waals surface area contributed by atoms with Gasteiger partial charge in [-0.1, -0.05) is 54.1 Å². The summed E-state index contributed by atoms with van der Waals surface area (Å²) >= 11 is 5.95. The molecule has 0 aliphatic heterocycles. The van der Waals surface area contributed by atoms with Crippen molar-refractivity contribution >= 4 is 11.6 Å². The standard InChI is InChI=1S/C24H24ClFO2/c1-24(2,26)23(19-11-13-20(25)14-12-19)17-27-16-18-7-6-10-22(15-18)28-21-8-4-3-5-9-21/h3-15,23H,16-17H2,1-2H3. The predicted molar refractivity (Wildman–Crippen MR) is 112 cm³/mol. The van der Waals surface area contributed by atoms with Gasteiger partial charge in [0.15, 0.2) is 0 Å². The summed E-state index contributed by atoms with van der Waals surface area (Å²) in [5.74, 6) is 1.14. The Balaban J connectivity index is 1.62. The molecule has 0 saturated heterocycles. The van der Waals surface area contributed by atoms with Crippen LogP contribution in [0.5, 0.6) is 11.5 Å². The molecule has 0 saturated carbocycles. The molecule has 0 N–H and O–H groups in total. The van der Waals surface area contributed by atoms with E-state index in [0.29, 0.717) is 11.6 Å². The minimum absolute atomic E-state index is 0.273. The van der Waals surface area contributed by atoms with E-state index in [4.69, 9.17) is 21.1 Å². The van der Waals surface area contributed by atoms with Gasteiger partial charge >= 0.3 is 0 Å². The fourth-order valence-corrected chi connectivity index (χ4v) is 3.13. The lowest BCUT2D eigenvalue weighted by Crippen LogP contribution is -2.28. The largest absolute Gasteiger partial charge is 0.457 e. The van der Waals surface area contributed by atoms with Crippen LogP contribution in [0.3, 0.4) is 0 Å². The molecule has 0 heterocycles. The molecule has 0 radical (unpaired) electrons. The number of hydrogen-bond acceptors (Lipinski definition) is 2. The van der Waals surface area contributed by atoms with Crippen molar-refractivity contribution < 1.29 is 13.9 Å². The Morgan fingerprint density at radius 3 is 2.25 bits per heavy atom. The zero-order valence-electron chi connectivity index (χ0n) is 16.1. The second-order valence-electron chi connectivity index (χ2n) is 7.25. The van der Waals surface area contributed by atoms with Crippen molar-refractivity contribution in [2.75, 3.05) is 6.61 Å². The number of halogens is 2. The van der Waals surface area contributed by atoms with E-state index in [-0.39, 0.29) is 12.5 Å². The van der Waals surface area contributed by atoms with Crippen LogP contribution >= 0.6 is 11.6 Å². The summed E-state index contributed by atoms with van der Waals surface area (Å²) in [5.41, 5.74) is 0.435. The van der Waals surface area contributed by atoms with Crippen molar-refractivity contribution in [3.8, 4) is 11.5 Å². The Bertz CT molecular complexity index is 873. The topological polar surface area (TPSA) is 18.5 Å². The quantitative estimate of drug-likeness (QED) is 0.400. The molecule has 0 aliphatic carbocycles. The summed E-state index contributed by atoms with van der Waals surface area (Å²) in [6, 6.07) is 24.6. The monoisotopic (exact) mass is 398 g/mol. The Kier molecular flexibility index (Phi) is 6.71.